The number of piperidine rings is 1. The van der Waals surface area contributed by atoms with Crippen molar-refractivity contribution in [1.29, 1.82) is 0 Å². The Morgan fingerprint density at radius 1 is 1.14 bits per heavy atom. The standard InChI is InChI=1S/C21H21ClN4O2S/c1-25-20(28)15-7-5-13(11-17(15)24-21(25)29)19(27)23-14-6-8-18(16(22)12-14)26-9-3-2-4-10-26/h5-8,11-12H,2-4,9-10H2,1H3,(H,23,27)(H,24,29). The van der Waals surface area contributed by atoms with Gasteiger partial charge in [-0.2, -0.15) is 0 Å². The number of amides is 1. The van der Waals surface area contributed by atoms with Crippen LogP contribution in [0.1, 0.15) is 29.6 Å². The predicted octanol–water partition coefficient (Wildman–Crippen LogP) is 4.49. The molecule has 0 unspecified atom stereocenters. The fraction of sp³-hybridized carbons (Fsp3) is 0.286. The van der Waals surface area contributed by atoms with E-state index in [0.29, 0.717) is 31.9 Å². The van der Waals surface area contributed by atoms with Gasteiger partial charge in [0, 0.05) is 31.4 Å². The first-order valence-corrected chi connectivity index (χ1v) is 10.3. The van der Waals surface area contributed by atoms with E-state index < -0.39 is 0 Å². The fourth-order valence-corrected chi connectivity index (χ4v) is 4.12. The van der Waals surface area contributed by atoms with Gasteiger partial charge >= 0.3 is 0 Å². The second-order valence-corrected chi connectivity index (χ2v) is 8.02. The summed E-state index contributed by atoms with van der Waals surface area (Å²) in [7, 11) is 1.61. The molecule has 1 fully saturated rings. The second kappa shape index (κ2) is 8.00. The first-order chi connectivity index (χ1) is 13.9. The van der Waals surface area contributed by atoms with Gasteiger partial charge in [0.05, 0.1) is 21.6 Å². The summed E-state index contributed by atoms with van der Waals surface area (Å²) in [4.78, 5) is 30.2. The highest BCUT2D eigenvalue weighted by Gasteiger charge is 2.15. The zero-order valence-corrected chi connectivity index (χ0v) is 17.6. The van der Waals surface area contributed by atoms with Gasteiger partial charge in [-0.3, -0.25) is 14.2 Å². The third-order valence-corrected chi connectivity index (χ3v) is 5.94. The van der Waals surface area contributed by atoms with E-state index in [2.05, 4.69) is 15.2 Å². The zero-order chi connectivity index (χ0) is 20.5. The Kier molecular flexibility index (Phi) is 5.43. The predicted molar refractivity (Wildman–Crippen MR) is 120 cm³/mol. The second-order valence-electron chi connectivity index (χ2n) is 7.22. The quantitative estimate of drug-likeness (QED) is 0.603. The lowest BCUT2D eigenvalue weighted by atomic mass is 10.1. The number of carbonyl (C=O) groups excluding carboxylic acids is 1. The van der Waals surface area contributed by atoms with Crippen LogP contribution in [0.3, 0.4) is 0 Å². The minimum absolute atomic E-state index is 0.198. The number of H-pyrrole nitrogens is 1. The van der Waals surface area contributed by atoms with Gasteiger partial charge in [0.2, 0.25) is 0 Å². The lowest BCUT2D eigenvalue weighted by Gasteiger charge is -2.29. The zero-order valence-electron chi connectivity index (χ0n) is 16.0. The first kappa shape index (κ1) is 19.7. The maximum absolute atomic E-state index is 12.7. The summed E-state index contributed by atoms with van der Waals surface area (Å²) in [6.45, 7) is 2.01. The number of hydrogen-bond acceptors (Lipinski definition) is 4. The van der Waals surface area contributed by atoms with Gasteiger partial charge in [-0.1, -0.05) is 11.6 Å². The van der Waals surface area contributed by atoms with Crippen molar-refractivity contribution >= 4 is 52.0 Å². The summed E-state index contributed by atoms with van der Waals surface area (Å²) in [5.41, 5.74) is 2.38. The Labute approximate surface area is 178 Å². The molecule has 1 aromatic heterocycles. The van der Waals surface area contributed by atoms with Crippen molar-refractivity contribution in [3.05, 3.63) is 62.1 Å². The topological polar surface area (TPSA) is 70.1 Å². The molecule has 1 aliphatic heterocycles. The molecule has 1 amide bonds. The van der Waals surface area contributed by atoms with Crippen molar-refractivity contribution in [3.8, 4) is 0 Å². The molecule has 150 valence electrons. The Morgan fingerprint density at radius 3 is 2.62 bits per heavy atom. The van der Waals surface area contributed by atoms with Crippen LogP contribution in [-0.2, 0) is 7.05 Å². The Balaban J connectivity index is 1.57. The van der Waals surface area contributed by atoms with Gasteiger partial charge in [-0.25, -0.2) is 0 Å². The normalized spacial score (nSPS) is 14.2. The van der Waals surface area contributed by atoms with Crippen LogP contribution in [0, 0.1) is 4.77 Å². The Bertz CT molecular complexity index is 1210. The maximum atomic E-state index is 12.7. The number of fused-ring (bicyclic) bond motifs is 1. The Hall–Kier alpha value is -2.64. The first-order valence-electron chi connectivity index (χ1n) is 9.53. The summed E-state index contributed by atoms with van der Waals surface area (Å²) in [5.74, 6) is -0.284. The summed E-state index contributed by atoms with van der Waals surface area (Å²) in [5, 5.41) is 3.97. The van der Waals surface area contributed by atoms with Crippen LogP contribution < -0.4 is 15.8 Å². The molecule has 3 aromatic rings. The van der Waals surface area contributed by atoms with E-state index in [0.717, 1.165) is 18.8 Å². The number of nitrogens with one attached hydrogen (secondary N) is 2. The molecule has 29 heavy (non-hydrogen) atoms. The highest BCUT2D eigenvalue weighted by atomic mass is 35.5. The minimum atomic E-state index is -0.284. The van der Waals surface area contributed by atoms with Crippen molar-refractivity contribution in [3.63, 3.8) is 0 Å². The summed E-state index contributed by atoms with van der Waals surface area (Å²) in [6.07, 6.45) is 3.59. The summed E-state index contributed by atoms with van der Waals surface area (Å²) in [6, 6.07) is 10.5. The van der Waals surface area contributed by atoms with Gasteiger partial charge in [-0.05, 0) is 67.9 Å². The fourth-order valence-electron chi connectivity index (χ4n) is 3.63. The van der Waals surface area contributed by atoms with E-state index in [1.807, 2.05) is 12.1 Å². The smallest absolute Gasteiger partial charge is 0.261 e. The molecule has 0 bridgehead atoms. The molecule has 6 nitrogen and oxygen atoms in total. The van der Waals surface area contributed by atoms with E-state index >= 15 is 0 Å². The van der Waals surface area contributed by atoms with Crippen LogP contribution in [0.2, 0.25) is 5.02 Å². The number of nitrogens with zero attached hydrogens (tertiary/aromatic N) is 2. The SMILES string of the molecule is Cn1c(=S)[nH]c2cc(C(=O)Nc3ccc(N4CCCCC4)c(Cl)c3)ccc2c1=O. The highest BCUT2D eigenvalue weighted by molar-refractivity contribution is 7.71. The molecule has 2 N–H and O–H groups in total. The molecular formula is C21H21ClN4O2S. The van der Waals surface area contributed by atoms with E-state index in [1.165, 1.54) is 23.8 Å². The molecular weight excluding hydrogens is 408 g/mol. The van der Waals surface area contributed by atoms with Crippen LogP contribution in [0.5, 0.6) is 0 Å². The van der Waals surface area contributed by atoms with Crippen molar-refractivity contribution < 1.29 is 4.79 Å². The number of rotatable bonds is 3. The van der Waals surface area contributed by atoms with Crippen LogP contribution >= 0.6 is 23.8 Å². The number of aromatic nitrogens is 2. The van der Waals surface area contributed by atoms with Gasteiger partial charge < -0.3 is 15.2 Å². The van der Waals surface area contributed by atoms with Crippen LogP contribution in [0.25, 0.3) is 10.9 Å². The van der Waals surface area contributed by atoms with Gasteiger partial charge in [0.15, 0.2) is 4.77 Å². The van der Waals surface area contributed by atoms with Crippen molar-refractivity contribution in [1.82, 2.24) is 9.55 Å². The largest absolute Gasteiger partial charge is 0.370 e. The molecule has 8 heteroatoms. The van der Waals surface area contributed by atoms with Crippen LogP contribution in [0.15, 0.2) is 41.2 Å². The maximum Gasteiger partial charge on any atom is 0.261 e. The number of halogens is 1. The highest BCUT2D eigenvalue weighted by Crippen LogP contribution is 2.31. The van der Waals surface area contributed by atoms with Crippen molar-refractivity contribution in [2.24, 2.45) is 7.05 Å². The molecule has 0 saturated carbocycles. The lowest BCUT2D eigenvalue weighted by molar-refractivity contribution is 0.102. The van der Waals surface area contributed by atoms with Gasteiger partial charge in [0.1, 0.15) is 0 Å². The van der Waals surface area contributed by atoms with E-state index in [4.69, 9.17) is 23.8 Å². The lowest BCUT2D eigenvalue weighted by Crippen LogP contribution is -2.29. The Morgan fingerprint density at radius 2 is 1.90 bits per heavy atom. The molecule has 4 rings (SSSR count). The van der Waals surface area contributed by atoms with Crippen LogP contribution in [0.4, 0.5) is 11.4 Å². The average Bonchev–Trinajstić information content (AvgIpc) is 2.72. The van der Waals surface area contributed by atoms with E-state index in [1.54, 1.807) is 31.3 Å². The van der Waals surface area contributed by atoms with Gasteiger partial charge in [-0.15, -0.1) is 0 Å². The molecule has 1 saturated heterocycles. The van der Waals surface area contributed by atoms with Gasteiger partial charge in [0.25, 0.3) is 11.5 Å². The molecule has 1 aliphatic rings. The van der Waals surface area contributed by atoms with Crippen LogP contribution in [-0.4, -0.2) is 28.5 Å². The average molecular weight is 429 g/mol. The number of carbonyl (C=O) groups is 1. The monoisotopic (exact) mass is 428 g/mol. The van der Waals surface area contributed by atoms with Crippen molar-refractivity contribution in [2.75, 3.05) is 23.3 Å². The molecule has 0 radical (unpaired) electrons. The van der Waals surface area contributed by atoms with Crippen molar-refractivity contribution in [2.45, 2.75) is 19.3 Å². The number of anilines is 2. The summed E-state index contributed by atoms with van der Waals surface area (Å²) < 4.78 is 1.67. The summed E-state index contributed by atoms with van der Waals surface area (Å²) >= 11 is 11.6. The number of benzene rings is 2. The third-order valence-electron chi connectivity index (χ3n) is 5.27. The van der Waals surface area contributed by atoms with E-state index in [9.17, 15) is 9.59 Å². The molecule has 0 aliphatic carbocycles. The number of aromatic amines is 1. The minimum Gasteiger partial charge on any atom is -0.370 e. The van der Waals surface area contributed by atoms with E-state index in [-0.39, 0.29) is 11.5 Å². The number of hydrogen-bond donors (Lipinski definition) is 2. The molecule has 0 atom stereocenters. The molecule has 2 heterocycles. The molecule has 2 aromatic carbocycles. The molecule has 0 spiro atoms. The third kappa shape index (κ3) is 3.93.